The number of fused-ring (bicyclic) bond motifs is 1. The highest BCUT2D eigenvalue weighted by Crippen LogP contribution is 2.17. The van der Waals surface area contributed by atoms with E-state index in [1.165, 1.54) is 4.57 Å². The number of nitrogens with zero attached hydrogens (tertiary/aromatic N) is 4. The van der Waals surface area contributed by atoms with Gasteiger partial charge in [0, 0.05) is 17.6 Å². The average Bonchev–Trinajstić information content (AvgIpc) is 2.85. The number of hydrogen-bond donors (Lipinski definition) is 3. The molecule has 0 radical (unpaired) electrons. The Bertz CT molecular complexity index is 976. The molecule has 0 aliphatic heterocycles. The number of anilines is 1. The summed E-state index contributed by atoms with van der Waals surface area (Å²) in [5, 5.41) is 0.375. The Hall–Kier alpha value is -2.55. The molecule has 24 heavy (non-hydrogen) atoms. The number of imidazole rings is 1. The van der Waals surface area contributed by atoms with Crippen LogP contribution in [-0.4, -0.2) is 30.3 Å². The Morgan fingerprint density at radius 3 is 2.92 bits per heavy atom. The van der Waals surface area contributed by atoms with Crippen LogP contribution >= 0.6 is 0 Å². The Balaban J connectivity index is 2.12. The summed E-state index contributed by atoms with van der Waals surface area (Å²) < 4.78 is 9.68. The van der Waals surface area contributed by atoms with Crippen LogP contribution in [0.3, 0.4) is 0 Å². The standard InChI is InChI=1S/C15H19N7OS/c1-3-6-24(17)14-20-12(16)11-13(21-14)22(15(23)19-11)8-10-4-5-18-9(2)7-10/h4-5,7,17H,3,6,8H2,1-2H3,(H,19,23)(H2,16,20,21). The average molecular weight is 345 g/mol. The van der Waals surface area contributed by atoms with Crippen LogP contribution in [0.5, 0.6) is 0 Å². The number of aromatic amines is 1. The summed E-state index contributed by atoms with van der Waals surface area (Å²) >= 11 is 0. The van der Waals surface area contributed by atoms with Crippen LogP contribution in [0, 0.1) is 11.7 Å². The Morgan fingerprint density at radius 2 is 2.21 bits per heavy atom. The topological polar surface area (TPSA) is 126 Å². The van der Waals surface area contributed by atoms with Gasteiger partial charge in [0.1, 0.15) is 5.52 Å². The van der Waals surface area contributed by atoms with E-state index in [9.17, 15) is 4.79 Å². The Labute approximate surface area is 141 Å². The van der Waals surface area contributed by atoms with Crippen molar-refractivity contribution in [2.45, 2.75) is 32.0 Å². The second kappa shape index (κ2) is 6.52. The zero-order chi connectivity index (χ0) is 17.3. The van der Waals surface area contributed by atoms with E-state index in [1.54, 1.807) is 6.20 Å². The molecule has 126 valence electrons. The summed E-state index contributed by atoms with van der Waals surface area (Å²) in [4.78, 5) is 27.8. The van der Waals surface area contributed by atoms with E-state index in [-0.39, 0.29) is 11.5 Å². The Morgan fingerprint density at radius 1 is 1.42 bits per heavy atom. The molecule has 0 aromatic carbocycles. The van der Waals surface area contributed by atoms with Gasteiger partial charge >= 0.3 is 5.69 Å². The molecule has 0 saturated heterocycles. The zero-order valence-corrected chi connectivity index (χ0v) is 14.4. The first-order valence-electron chi connectivity index (χ1n) is 7.59. The molecule has 0 aliphatic carbocycles. The fraction of sp³-hybridized carbons (Fsp3) is 0.333. The number of rotatable bonds is 5. The van der Waals surface area contributed by atoms with E-state index in [0.29, 0.717) is 28.6 Å². The summed E-state index contributed by atoms with van der Waals surface area (Å²) in [5.41, 5.74) is 8.36. The largest absolute Gasteiger partial charge is 0.382 e. The van der Waals surface area contributed by atoms with E-state index in [1.807, 2.05) is 26.0 Å². The summed E-state index contributed by atoms with van der Waals surface area (Å²) in [6, 6.07) is 3.78. The first-order valence-corrected chi connectivity index (χ1v) is 8.98. The van der Waals surface area contributed by atoms with Gasteiger partial charge in [0.05, 0.1) is 6.54 Å². The molecule has 3 heterocycles. The highest BCUT2D eigenvalue weighted by atomic mass is 32.2. The quantitative estimate of drug-likeness (QED) is 0.605. The van der Waals surface area contributed by atoms with Crippen molar-refractivity contribution in [3.63, 3.8) is 0 Å². The predicted molar refractivity (Wildman–Crippen MR) is 94.1 cm³/mol. The van der Waals surface area contributed by atoms with Gasteiger partial charge in [-0.25, -0.2) is 14.8 Å². The lowest BCUT2D eigenvalue weighted by atomic mass is 10.2. The molecule has 0 aliphatic rings. The third-order valence-corrected chi connectivity index (χ3v) is 5.00. The molecule has 0 fully saturated rings. The fourth-order valence-corrected chi connectivity index (χ4v) is 3.46. The lowest BCUT2D eigenvalue weighted by molar-refractivity contribution is 0.768. The maximum Gasteiger partial charge on any atom is 0.328 e. The van der Waals surface area contributed by atoms with Crippen molar-refractivity contribution in [2.75, 3.05) is 11.5 Å². The third kappa shape index (κ3) is 3.07. The second-order valence-electron chi connectivity index (χ2n) is 5.51. The minimum atomic E-state index is -0.840. The zero-order valence-electron chi connectivity index (χ0n) is 13.5. The molecule has 9 heteroatoms. The van der Waals surface area contributed by atoms with Gasteiger partial charge in [-0.15, -0.1) is 0 Å². The van der Waals surface area contributed by atoms with Crippen molar-refractivity contribution < 1.29 is 0 Å². The van der Waals surface area contributed by atoms with Crippen molar-refractivity contribution in [1.29, 1.82) is 4.78 Å². The van der Waals surface area contributed by atoms with Crippen molar-refractivity contribution >= 4 is 27.7 Å². The molecule has 0 amide bonds. The van der Waals surface area contributed by atoms with Crippen molar-refractivity contribution in [2.24, 2.45) is 0 Å². The molecule has 0 spiro atoms. The van der Waals surface area contributed by atoms with Crippen LogP contribution in [0.25, 0.3) is 11.2 Å². The van der Waals surface area contributed by atoms with Crippen LogP contribution < -0.4 is 11.4 Å². The maximum absolute atomic E-state index is 12.3. The molecule has 8 nitrogen and oxygen atoms in total. The minimum absolute atomic E-state index is 0.206. The highest BCUT2D eigenvalue weighted by molar-refractivity contribution is 7.85. The van der Waals surface area contributed by atoms with Crippen LogP contribution in [-0.2, 0) is 17.2 Å². The van der Waals surface area contributed by atoms with Crippen molar-refractivity contribution in [3.8, 4) is 0 Å². The SMILES string of the molecule is CCCS(=N)c1nc(N)c2[nH]c(=O)n(Cc3ccnc(C)c3)c2n1. The van der Waals surface area contributed by atoms with Gasteiger partial charge in [0.2, 0.25) is 5.16 Å². The molecule has 4 N–H and O–H groups in total. The van der Waals surface area contributed by atoms with Gasteiger partial charge < -0.3 is 10.7 Å². The molecule has 3 rings (SSSR count). The molecule has 1 atom stereocenters. The van der Waals surface area contributed by atoms with Gasteiger partial charge in [0.15, 0.2) is 11.5 Å². The van der Waals surface area contributed by atoms with E-state index in [2.05, 4.69) is 19.9 Å². The van der Waals surface area contributed by atoms with Crippen LogP contribution in [0.1, 0.15) is 24.6 Å². The molecule has 0 bridgehead atoms. The second-order valence-corrected chi connectivity index (χ2v) is 7.06. The van der Waals surface area contributed by atoms with Crippen molar-refractivity contribution in [3.05, 3.63) is 40.1 Å². The van der Waals surface area contributed by atoms with E-state index < -0.39 is 10.7 Å². The maximum atomic E-state index is 12.3. The van der Waals surface area contributed by atoms with E-state index in [0.717, 1.165) is 17.7 Å². The van der Waals surface area contributed by atoms with Gasteiger partial charge in [0.25, 0.3) is 0 Å². The molecule has 1 unspecified atom stereocenters. The first-order chi connectivity index (χ1) is 11.5. The van der Waals surface area contributed by atoms with Crippen LogP contribution in [0.4, 0.5) is 5.82 Å². The summed E-state index contributed by atoms with van der Waals surface area (Å²) in [6.07, 6.45) is 2.58. The Kier molecular flexibility index (Phi) is 4.43. The fourth-order valence-electron chi connectivity index (χ4n) is 2.47. The van der Waals surface area contributed by atoms with E-state index in [4.69, 9.17) is 10.5 Å². The number of pyridine rings is 1. The molecular formula is C15H19N7OS. The van der Waals surface area contributed by atoms with Gasteiger partial charge in [-0.3, -0.25) is 14.3 Å². The van der Waals surface area contributed by atoms with Crippen LogP contribution in [0.2, 0.25) is 0 Å². The molecule has 3 aromatic rings. The summed E-state index contributed by atoms with van der Waals surface area (Å²) in [6.45, 7) is 4.27. The van der Waals surface area contributed by atoms with Gasteiger partial charge in [-0.05, 0) is 41.7 Å². The number of hydrogen-bond acceptors (Lipinski definition) is 6. The van der Waals surface area contributed by atoms with Gasteiger partial charge in [-0.2, -0.15) is 0 Å². The predicted octanol–water partition coefficient (Wildman–Crippen LogP) is 1.60. The van der Waals surface area contributed by atoms with Gasteiger partial charge in [-0.1, -0.05) is 6.92 Å². The van der Waals surface area contributed by atoms with Crippen LogP contribution in [0.15, 0.2) is 28.3 Å². The molecular weight excluding hydrogens is 326 g/mol. The summed E-state index contributed by atoms with van der Waals surface area (Å²) in [7, 11) is -0.840. The lowest BCUT2D eigenvalue weighted by Gasteiger charge is -2.07. The lowest BCUT2D eigenvalue weighted by Crippen LogP contribution is -2.18. The van der Waals surface area contributed by atoms with E-state index >= 15 is 0 Å². The third-order valence-electron chi connectivity index (χ3n) is 3.56. The summed E-state index contributed by atoms with van der Waals surface area (Å²) in [5.74, 6) is 0.876. The number of aromatic nitrogens is 5. The number of aryl methyl sites for hydroxylation is 1. The number of nitrogens with one attached hydrogen (secondary N) is 2. The number of H-pyrrole nitrogens is 1. The monoisotopic (exact) mass is 345 g/mol. The first kappa shape index (κ1) is 16.3. The number of nitrogen functional groups attached to an aromatic ring is 1. The minimum Gasteiger partial charge on any atom is -0.382 e. The normalized spacial score (nSPS) is 12.6. The smallest absolute Gasteiger partial charge is 0.328 e. The van der Waals surface area contributed by atoms with Crippen molar-refractivity contribution in [1.82, 2.24) is 24.5 Å². The highest BCUT2D eigenvalue weighted by Gasteiger charge is 2.15. The molecule has 3 aromatic heterocycles. The molecule has 0 saturated carbocycles. The number of nitrogens with two attached hydrogens (primary N) is 1.